The molecule has 0 aliphatic heterocycles. The molecule has 2 aromatic rings. The number of amides is 2. The quantitative estimate of drug-likeness (QED) is 0.562. The first-order valence-corrected chi connectivity index (χ1v) is 8.51. The zero-order valence-electron chi connectivity index (χ0n) is 14.0. The summed E-state index contributed by atoms with van der Waals surface area (Å²) < 4.78 is 52.0. The summed E-state index contributed by atoms with van der Waals surface area (Å²) in [6.45, 7) is -0.0486. The molecular weight excluding hydrogens is 390 g/mol. The minimum Gasteiger partial charge on any atom is -0.370 e. The smallest absolute Gasteiger partial charge is 0.370 e. The Morgan fingerprint density at radius 3 is 2.37 bits per heavy atom. The van der Waals surface area contributed by atoms with E-state index < -0.39 is 29.6 Å². The van der Waals surface area contributed by atoms with Crippen LogP contribution in [0.1, 0.15) is 12.2 Å². The standard InChI is InChI=1S/C15H15F4N5O2S/c1-23-13(15(17,18)19)21-22-14(23)27-8-12(26)24(7-6-11(20)25)10-4-2-9(16)3-5-10/h2-5H,6-8H2,1H3,(H2,20,25). The van der Waals surface area contributed by atoms with Crippen LogP contribution in [0.2, 0.25) is 0 Å². The minimum atomic E-state index is -4.66. The lowest BCUT2D eigenvalue weighted by atomic mass is 10.2. The molecule has 2 rings (SSSR count). The molecule has 2 N–H and O–H groups in total. The number of primary amides is 1. The Labute approximate surface area is 155 Å². The number of nitrogens with two attached hydrogens (primary N) is 1. The molecule has 0 aliphatic carbocycles. The van der Waals surface area contributed by atoms with Crippen molar-refractivity contribution >= 4 is 29.3 Å². The molecule has 0 atom stereocenters. The van der Waals surface area contributed by atoms with Gasteiger partial charge in [-0.05, 0) is 24.3 Å². The van der Waals surface area contributed by atoms with Crippen molar-refractivity contribution in [1.29, 1.82) is 0 Å². The highest BCUT2D eigenvalue weighted by Gasteiger charge is 2.37. The number of rotatable bonds is 7. The number of hydrogen-bond donors (Lipinski definition) is 1. The molecule has 0 unspecified atom stereocenters. The summed E-state index contributed by atoms with van der Waals surface area (Å²) in [5.74, 6) is -3.09. The van der Waals surface area contributed by atoms with Crippen LogP contribution in [0.15, 0.2) is 29.4 Å². The van der Waals surface area contributed by atoms with Crippen molar-refractivity contribution in [2.75, 3.05) is 17.2 Å². The number of alkyl halides is 3. The van der Waals surface area contributed by atoms with Gasteiger partial charge in [-0.25, -0.2) is 4.39 Å². The number of nitrogens with zero attached hydrogens (tertiary/aromatic N) is 4. The van der Waals surface area contributed by atoms with E-state index in [1.165, 1.54) is 17.0 Å². The summed E-state index contributed by atoms with van der Waals surface area (Å²) in [6.07, 6.45) is -4.79. The summed E-state index contributed by atoms with van der Waals surface area (Å²) in [5.41, 5.74) is 5.43. The van der Waals surface area contributed by atoms with Crippen LogP contribution in [-0.2, 0) is 22.8 Å². The number of benzene rings is 1. The zero-order chi connectivity index (χ0) is 20.2. The average molecular weight is 405 g/mol. The molecule has 0 saturated carbocycles. The summed E-state index contributed by atoms with van der Waals surface area (Å²) in [4.78, 5) is 24.7. The second-order valence-corrected chi connectivity index (χ2v) is 6.33. The molecule has 0 aliphatic rings. The summed E-state index contributed by atoms with van der Waals surface area (Å²) in [5, 5.41) is 6.42. The molecule has 27 heavy (non-hydrogen) atoms. The van der Waals surface area contributed by atoms with Crippen LogP contribution in [0.5, 0.6) is 0 Å². The van der Waals surface area contributed by atoms with E-state index in [2.05, 4.69) is 10.2 Å². The lowest BCUT2D eigenvalue weighted by Crippen LogP contribution is -2.35. The Balaban J connectivity index is 2.12. The molecule has 1 aromatic heterocycles. The van der Waals surface area contributed by atoms with E-state index in [-0.39, 0.29) is 23.9 Å². The molecular formula is C15H15F4N5O2S. The molecule has 7 nitrogen and oxygen atoms in total. The third kappa shape index (κ3) is 5.42. The lowest BCUT2D eigenvalue weighted by molar-refractivity contribution is -0.147. The highest BCUT2D eigenvalue weighted by Crippen LogP contribution is 2.29. The number of aromatic nitrogens is 3. The van der Waals surface area contributed by atoms with Gasteiger partial charge in [0.15, 0.2) is 5.16 Å². The van der Waals surface area contributed by atoms with Gasteiger partial charge in [0.1, 0.15) is 5.82 Å². The van der Waals surface area contributed by atoms with Crippen molar-refractivity contribution in [3.63, 3.8) is 0 Å². The Hall–Kier alpha value is -2.63. The van der Waals surface area contributed by atoms with Gasteiger partial charge in [-0.1, -0.05) is 11.8 Å². The van der Waals surface area contributed by atoms with Crippen LogP contribution < -0.4 is 10.6 Å². The third-order valence-corrected chi connectivity index (χ3v) is 4.44. The van der Waals surface area contributed by atoms with Crippen LogP contribution in [0.3, 0.4) is 0 Å². The number of thioether (sulfide) groups is 1. The number of hydrogen-bond acceptors (Lipinski definition) is 5. The van der Waals surface area contributed by atoms with Gasteiger partial charge >= 0.3 is 6.18 Å². The molecule has 1 aromatic carbocycles. The highest BCUT2D eigenvalue weighted by atomic mass is 32.2. The second kappa shape index (κ2) is 8.37. The fraction of sp³-hybridized carbons (Fsp3) is 0.333. The minimum absolute atomic E-state index is 0.0486. The Bertz CT molecular complexity index is 823. The van der Waals surface area contributed by atoms with E-state index in [1.54, 1.807) is 0 Å². The number of anilines is 1. The van der Waals surface area contributed by atoms with E-state index in [9.17, 15) is 27.2 Å². The average Bonchev–Trinajstić information content (AvgIpc) is 2.95. The van der Waals surface area contributed by atoms with Crippen LogP contribution in [0, 0.1) is 5.82 Å². The normalized spacial score (nSPS) is 11.4. The Morgan fingerprint density at radius 1 is 1.22 bits per heavy atom. The summed E-state index contributed by atoms with van der Waals surface area (Å²) >= 11 is 0.760. The van der Waals surface area contributed by atoms with Crippen molar-refractivity contribution in [3.05, 3.63) is 35.9 Å². The molecule has 146 valence electrons. The fourth-order valence-electron chi connectivity index (χ4n) is 2.13. The molecule has 0 spiro atoms. The lowest BCUT2D eigenvalue weighted by Gasteiger charge is -2.22. The van der Waals surface area contributed by atoms with Crippen molar-refractivity contribution in [2.24, 2.45) is 12.8 Å². The molecule has 0 radical (unpaired) electrons. The van der Waals surface area contributed by atoms with Gasteiger partial charge in [-0.15, -0.1) is 10.2 Å². The van der Waals surface area contributed by atoms with E-state index in [0.717, 1.165) is 35.5 Å². The number of halogens is 4. The van der Waals surface area contributed by atoms with Crippen LogP contribution >= 0.6 is 11.8 Å². The SMILES string of the molecule is Cn1c(SCC(=O)N(CCC(N)=O)c2ccc(F)cc2)nnc1C(F)(F)F. The second-order valence-electron chi connectivity index (χ2n) is 5.39. The molecule has 12 heteroatoms. The van der Waals surface area contributed by atoms with Gasteiger partial charge in [0.25, 0.3) is 0 Å². The maximum Gasteiger partial charge on any atom is 0.451 e. The van der Waals surface area contributed by atoms with Crippen molar-refractivity contribution < 1.29 is 27.2 Å². The third-order valence-electron chi connectivity index (χ3n) is 3.43. The first-order valence-electron chi connectivity index (χ1n) is 7.53. The maximum absolute atomic E-state index is 13.1. The van der Waals surface area contributed by atoms with Crippen molar-refractivity contribution in [2.45, 2.75) is 17.8 Å². The van der Waals surface area contributed by atoms with E-state index in [1.807, 2.05) is 0 Å². The molecule has 0 fully saturated rings. The predicted octanol–water partition coefficient (Wildman–Crippen LogP) is 1.97. The van der Waals surface area contributed by atoms with Crippen molar-refractivity contribution in [3.8, 4) is 0 Å². The van der Waals surface area contributed by atoms with E-state index in [0.29, 0.717) is 5.69 Å². The summed E-state index contributed by atoms with van der Waals surface area (Å²) in [7, 11) is 1.14. The van der Waals surface area contributed by atoms with Crippen LogP contribution in [0.25, 0.3) is 0 Å². The number of carbonyl (C=O) groups is 2. The zero-order valence-corrected chi connectivity index (χ0v) is 14.9. The van der Waals surface area contributed by atoms with Crippen molar-refractivity contribution in [1.82, 2.24) is 14.8 Å². The Morgan fingerprint density at radius 2 is 1.85 bits per heavy atom. The monoisotopic (exact) mass is 405 g/mol. The topological polar surface area (TPSA) is 94.1 Å². The largest absolute Gasteiger partial charge is 0.451 e. The van der Waals surface area contributed by atoms with Gasteiger partial charge < -0.3 is 15.2 Å². The molecule has 1 heterocycles. The predicted molar refractivity (Wildman–Crippen MR) is 89.3 cm³/mol. The Kier molecular flexibility index (Phi) is 6.41. The molecule has 0 bridgehead atoms. The van der Waals surface area contributed by atoms with E-state index >= 15 is 0 Å². The highest BCUT2D eigenvalue weighted by molar-refractivity contribution is 7.99. The fourth-order valence-corrected chi connectivity index (χ4v) is 2.92. The van der Waals surface area contributed by atoms with Gasteiger partial charge in [0.05, 0.1) is 5.75 Å². The van der Waals surface area contributed by atoms with Gasteiger partial charge in [-0.3, -0.25) is 9.59 Å². The summed E-state index contributed by atoms with van der Waals surface area (Å²) in [6, 6.07) is 4.99. The van der Waals surface area contributed by atoms with E-state index in [4.69, 9.17) is 5.73 Å². The molecule has 2 amide bonds. The van der Waals surface area contributed by atoms with Crippen LogP contribution in [0.4, 0.5) is 23.2 Å². The number of carbonyl (C=O) groups excluding carboxylic acids is 2. The van der Waals surface area contributed by atoms with Crippen LogP contribution in [-0.4, -0.2) is 38.9 Å². The van der Waals surface area contributed by atoms with Gasteiger partial charge in [-0.2, -0.15) is 13.2 Å². The van der Waals surface area contributed by atoms with Gasteiger partial charge in [0, 0.05) is 25.7 Å². The maximum atomic E-state index is 13.1. The first-order chi connectivity index (χ1) is 12.6. The molecule has 0 saturated heterocycles. The first kappa shape index (κ1) is 20.7. The van der Waals surface area contributed by atoms with Gasteiger partial charge in [0.2, 0.25) is 17.6 Å².